The maximum atomic E-state index is 5.66. The molecule has 1 aliphatic heterocycles. The van der Waals surface area contributed by atoms with Crippen molar-refractivity contribution in [1.82, 2.24) is 15.2 Å². The largest absolute Gasteiger partial charge is 0.496 e. The third kappa shape index (κ3) is 4.24. The fraction of sp³-hybridized carbons (Fsp3) is 0.360. The zero-order valence-electron chi connectivity index (χ0n) is 17.6. The molecule has 0 amide bonds. The van der Waals surface area contributed by atoms with E-state index in [1.807, 2.05) is 0 Å². The van der Waals surface area contributed by atoms with Crippen LogP contribution in [0.15, 0.2) is 60.7 Å². The van der Waals surface area contributed by atoms with Crippen molar-refractivity contribution >= 4 is 0 Å². The summed E-state index contributed by atoms with van der Waals surface area (Å²) in [7, 11) is 1.75. The highest BCUT2D eigenvalue weighted by molar-refractivity contribution is 5.46. The van der Waals surface area contributed by atoms with Crippen molar-refractivity contribution in [3.63, 3.8) is 0 Å². The topological polar surface area (TPSA) is 38.2 Å². The molecule has 0 aliphatic carbocycles. The number of benzene rings is 2. The van der Waals surface area contributed by atoms with Crippen molar-refractivity contribution in [2.45, 2.75) is 45.3 Å². The summed E-state index contributed by atoms with van der Waals surface area (Å²) >= 11 is 0. The summed E-state index contributed by atoms with van der Waals surface area (Å²) < 4.78 is 7.95. The van der Waals surface area contributed by atoms with Gasteiger partial charge in [0.25, 0.3) is 0 Å². The van der Waals surface area contributed by atoms with Crippen LogP contribution in [0.3, 0.4) is 0 Å². The molecule has 3 aromatic rings. The van der Waals surface area contributed by atoms with Gasteiger partial charge < -0.3 is 19.9 Å². The van der Waals surface area contributed by atoms with E-state index < -0.39 is 0 Å². The average molecular weight is 390 g/mol. The molecule has 1 saturated heterocycles. The van der Waals surface area contributed by atoms with Crippen molar-refractivity contribution < 1.29 is 4.74 Å². The van der Waals surface area contributed by atoms with Gasteiger partial charge in [-0.05, 0) is 69.1 Å². The molecule has 0 saturated carbocycles. The Hall–Kier alpha value is -2.56. The molecule has 0 radical (unpaired) electrons. The SMILES string of the molecule is COc1ccc(-n2c(C)ccc2C)cc1CNC1CCCNC1c1ccccc1. The predicted octanol–water partition coefficient (Wildman–Crippen LogP) is 4.69. The van der Waals surface area contributed by atoms with Gasteiger partial charge in [0.2, 0.25) is 0 Å². The second-order valence-corrected chi connectivity index (χ2v) is 7.92. The third-order valence-corrected chi connectivity index (χ3v) is 5.97. The Morgan fingerprint density at radius 3 is 2.52 bits per heavy atom. The van der Waals surface area contributed by atoms with Gasteiger partial charge in [0.15, 0.2) is 0 Å². The number of rotatable bonds is 6. The van der Waals surface area contributed by atoms with Crippen molar-refractivity contribution in [3.05, 3.63) is 83.2 Å². The number of piperidine rings is 1. The highest BCUT2D eigenvalue weighted by atomic mass is 16.5. The van der Waals surface area contributed by atoms with E-state index in [9.17, 15) is 0 Å². The molecular formula is C25H31N3O. The Balaban J connectivity index is 1.56. The van der Waals surface area contributed by atoms with Crippen LogP contribution in [-0.4, -0.2) is 24.3 Å². The monoisotopic (exact) mass is 389 g/mol. The third-order valence-electron chi connectivity index (χ3n) is 5.97. The fourth-order valence-corrected chi connectivity index (χ4v) is 4.48. The number of nitrogens with one attached hydrogen (secondary N) is 2. The first-order valence-corrected chi connectivity index (χ1v) is 10.5. The second-order valence-electron chi connectivity index (χ2n) is 7.92. The zero-order valence-corrected chi connectivity index (χ0v) is 17.6. The van der Waals surface area contributed by atoms with E-state index in [1.165, 1.54) is 41.0 Å². The van der Waals surface area contributed by atoms with E-state index in [-0.39, 0.29) is 0 Å². The van der Waals surface area contributed by atoms with Crippen LogP contribution in [0.25, 0.3) is 5.69 Å². The minimum atomic E-state index is 0.341. The van der Waals surface area contributed by atoms with Crippen LogP contribution in [0.2, 0.25) is 0 Å². The number of hydrogen-bond acceptors (Lipinski definition) is 3. The minimum Gasteiger partial charge on any atom is -0.496 e. The van der Waals surface area contributed by atoms with Gasteiger partial charge in [-0.1, -0.05) is 30.3 Å². The Bertz CT molecular complexity index is 928. The van der Waals surface area contributed by atoms with E-state index in [1.54, 1.807) is 7.11 Å². The van der Waals surface area contributed by atoms with Crippen LogP contribution < -0.4 is 15.4 Å². The molecule has 2 heterocycles. The molecule has 29 heavy (non-hydrogen) atoms. The lowest BCUT2D eigenvalue weighted by Crippen LogP contribution is -2.45. The molecule has 2 unspecified atom stereocenters. The van der Waals surface area contributed by atoms with Crippen LogP contribution in [-0.2, 0) is 6.54 Å². The van der Waals surface area contributed by atoms with Gasteiger partial charge in [0.1, 0.15) is 5.75 Å². The lowest BCUT2D eigenvalue weighted by Gasteiger charge is -2.34. The maximum Gasteiger partial charge on any atom is 0.123 e. The fourth-order valence-electron chi connectivity index (χ4n) is 4.48. The summed E-state index contributed by atoms with van der Waals surface area (Å²) in [6.07, 6.45) is 2.37. The molecule has 4 rings (SSSR count). The Labute approximate surface area is 173 Å². The van der Waals surface area contributed by atoms with E-state index >= 15 is 0 Å². The molecule has 1 aromatic heterocycles. The summed E-state index contributed by atoms with van der Waals surface area (Å²) in [6, 6.07) is 22.3. The summed E-state index contributed by atoms with van der Waals surface area (Å²) in [5.41, 5.74) is 6.21. The Kier molecular flexibility index (Phi) is 6.02. The van der Waals surface area contributed by atoms with Crippen LogP contribution in [0.1, 0.15) is 41.4 Å². The first-order chi connectivity index (χ1) is 14.2. The molecular weight excluding hydrogens is 358 g/mol. The molecule has 1 aliphatic rings. The molecule has 1 fully saturated rings. The summed E-state index contributed by atoms with van der Waals surface area (Å²) in [5, 5.41) is 7.51. The van der Waals surface area contributed by atoms with Gasteiger partial charge in [-0.2, -0.15) is 0 Å². The van der Waals surface area contributed by atoms with E-state index in [0.29, 0.717) is 12.1 Å². The van der Waals surface area contributed by atoms with E-state index in [4.69, 9.17) is 4.74 Å². The molecule has 0 spiro atoms. The Morgan fingerprint density at radius 2 is 1.79 bits per heavy atom. The standard InChI is InChI=1S/C25H31N3O/c1-18-11-12-19(2)28(18)22-13-14-24(29-3)21(16-22)17-27-23-10-7-15-26-25(23)20-8-5-4-6-9-20/h4-6,8-9,11-14,16,23,25-27H,7,10,15,17H2,1-3H3. The van der Waals surface area contributed by atoms with Gasteiger partial charge in [-0.3, -0.25) is 0 Å². The van der Waals surface area contributed by atoms with Crippen LogP contribution >= 0.6 is 0 Å². The molecule has 0 bridgehead atoms. The van der Waals surface area contributed by atoms with Gasteiger partial charge in [0.05, 0.1) is 7.11 Å². The van der Waals surface area contributed by atoms with Gasteiger partial charge in [-0.15, -0.1) is 0 Å². The van der Waals surface area contributed by atoms with Crippen molar-refractivity contribution in [3.8, 4) is 11.4 Å². The highest BCUT2D eigenvalue weighted by Crippen LogP contribution is 2.27. The highest BCUT2D eigenvalue weighted by Gasteiger charge is 2.25. The van der Waals surface area contributed by atoms with Crippen molar-refractivity contribution in [1.29, 1.82) is 0 Å². The van der Waals surface area contributed by atoms with Crippen LogP contribution in [0, 0.1) is 13.8 Å². The summed E-state index contributed by atoms with van der Waals surface area (Å²) in [6.45, 7) is 6.15. The molecule has 2 aromatic carbocycles. The smallest absolute Gasteiger partial charge is 0.123 e. The quantitative estimate of drug-likeness (QED) is 0.643. The zero-order chi connectivity index (χ0) is 20.2. The Morgan fingerprint density at radius 1 is 1.03 bits per heavy atom. The number of ether oxygens (including phenoxy) is 1. The molecule has 152 valence electrons. The predicted molar refractivity (Wildman–Crippen MR) is 119 cm³/mol. The first-order valence-electron chi connectivity index (χ1n) is 10.5. The molecule has 4 heteroatoms. The molecule has 2 atom stereocenters. The van der Waals surface area contributed by atoms with Gasteiger partial charge in [-0.25, -0.2) is 0 Å². The minimum absolute atomic E-state index is 0.341. The van der Waals surface area contributed by atoms with Gasteiger partial charge >= 0.3 is 0 Å². The second kappa shape index (κ2) is 8.85. The molecule has 2 N–H and O–H groups in total. The van der Waals surface area contributed by atoms with E-state index in [0.717, 1.165) is 18.8 Å². The maximum absolute atomic E-state index is 5.66. The molecule has 4 nitrogen and oxygen atoms in total. The lowest BCUT2D eigenvalue weighted by molar-refractivity contribution is 0.303. The van der Waals surface area contributed by atoms with Crippen molar-refractivity contribution in [2.75, 3.05) is 13.7 Å². The number of methoxy groups -OCH3 is 1. The average Bonchev–Trinajstić information content (AvgIpc) is 3.11. The number of hydrogen-bond donors (Lipinski definition) is 2. The number of aryl methyl sites for hydroxylation is 2. The summed E-state index contributed by atoms with van der Waals surface area (Å²) in [5.74, 6) is 0.934. The van der Waals surface area contributed by atoms with E-state index in [2.05, 4.69) is 89.7 Å². The van der Waals surface area contributed by atoms with Crippen LogP contribution in [0.5, 0.6) is 5.75 Å². The first kappa shape index (κ1) is 19.7. The number of aromatic nitrogens is 1. The number of nitrogens with zero attached hydrogens (tertiary/aromatic N) is 1. The van der Waals surface area contributed by atoms with Crippen LogP contribution in [0.4, 0.5) is 0 Å². The normalized spacial score (nSPS) is 19.3. The lowest BCUT2D eigenvalue weighted by atomic mass is 9.92. The van der Waals surface area contributed by atoms with Crippen molar-refractivity contribution in [2.24, 2.45) is 0 Å². The van der Waals surface area contributed by atoms with Gasteiger partial charge in [0, 0.05) is 41.3 Å². The summed E-state index contributed by atoms with van der Waals surface area (Å²) in [4.78, 5) is 0.